The average Bonchev–Trinajstić information content (AvgIpc) is 2.52. The van der Waals surface area contributed by atoms with Crippen molar-refractivity contribution >= 4 is 11.6 Å². The van der Waals surface area contributed by atoms with Crippen LogP contribution in [0.2, 0.25) is 0 Å². The van der Waals surface area contributed by atoms with Crippen LogP contribution >= 0.6 is 0 Å². The number of carboxylic acid groups (broad SMARTS) is 1. The summed E-state index contributed by atoms with van der Waals surface area (Å²) in [6.07, 6.45) is 0.770. The number of carboxylic acids is 1. The minimum absolute atomic E-state index is 0.139. The Morgan fingerprint density at radius 3 is 2.87 bits per heavy atom. The number of hydrogen-bond acceptors (Lipinski definition) is 3. The van der Waals surface area contributed by atoms with Crippen LogP contribution in [0.15, 0.2) is 12.1 Å². The Kier molecular flexibility index (Phi) is 2.15. The summed E-state index contributed by atoms with van der Waals surface area (Å²) in [5, 5.41) is 13.2. The van der Waals surface area contributed by atoms with Crippen molar-refractivity contribution in [3.8, 4) is 0 Å². The van der Waals surface area contributed by atoms with E-state index in [-0.39, 0.29) is 5.69 Å². The van der Waals surface area contributed by atoms with Gasteiger partial charge in [0.15, 0.2) is 11.3 Å². The third-order valence-corrected chi connectivity index (χ3v) is 2.27. The third kappa shape index (κ3) is 1.45. The fraction of sp³-hybridized carbons (Fsp3) is 0.300. The molecule has 2 aromatic heterocycles. The van der Waals surface area contributed by atoms with Crippen molar-refractivity contribution < 1.29 is 9.90 Å². The number of nitrogens with zero attached hydrogens (tertiary/aromatic N) is 3. The quantitative estimate of drug-likeness (QED) is 0.802. The lowest BCUT2D eigenvalue weighted by Crippen LogP contribution is -2.07. The number of aromatic carboxylic acids is 1. The molecule has 0 spiro atoms. The van der Waals surface area contributed by atoms with Gasteiger partial charge in [0.25, 0.3) is 0 Å². The Balaban J connectivity index is 2.77. The first kappa shape index (κ1) is 9.64. The van der Waals surface area contributed by atoms with Gasteiger partial charge in [0, 0.05) is 0 Å². The van der Waals surface area contributed by atoms with Gasteiger partial charge in [-0.25, -0.2) is 14.3 Å². The number of rotatable bonds is 2. The van der Waals surface area contributed by atoms with Crippen LogP contribution in [0.1, 0.15) is 28.8 Å². The highest BCUT2D eigenvalue weighted by Gasteiger charge is 2.16. The van der Waals surface area contributed by atoms with Crippen LogP contribution in [-0.4, -0.2) is 25.7 Å². The van der Waals surface area contributed by atoms with E-state index in [1.165, 1.54) is 4.52 Å². The van der Waals surface area contributed by atoms with Crippen molar-refractivity contribution in [1.29, 1.82) is 0 Å². The zero-order valence-electron chi connectivity index (χ0n) is 8.56. The van der Waals surface area contributed by atoms with E-state index in [9.17, 15) is 4.79 Å². The second kappa shape index (κ2) is 3.34. The van der Waals surface area contributed by atoms with Gasteiger partial charge in [0.05, 0.1) is 11.4 Å². The molecule has 1 N–H and O–H groups in total. The zero-order valence-corrected chi connectivity index (χ0v) is 8.56. The minimum Gasteiger partial charge on any atom is -0.476 e. The summed E-state index contributed by atoms with van der Waals surface area (Å²) >= 11 is 0. The normalized spacial score (nSPS) is 10.8. The number of aromatic nitrogens is 3. The SMILES string of the molecule is CCc1ccc2nc(C)c(C(=O)O)n2n1. The monoisotopic (exact) mass is 205 g/mol. The molecule has 0 aliphatic heterocycles. The first-order valence-electron chi connectivity index (χ1n) is 4.72. The predicted molar refractivity (Wildman–Crippen MR) is 54.1 cm³/mol. The Hall–Kier alpha value is -1.91. The van der Waals surface area contributed by atoms with Gasteiger partial charge in [0.2, 0.25) is 0 Å². The fourth-order valence-electron chi connectivity index (χ4n) is 1.52. The van der Waals surface area contributed by atoms with Gasteiger partial charge in [-0.2, -0.15) is 5.10 Å². The maximum absolute atomic E-state index is 11.0. The number of aryl methyl sites for hydroxylation is 2. The van der Waals surface area contributed by atoms with E-state index in [1.54, 1.807) is 13.0 Å². The molecule has 78 valence electrons. The topological polar surface area (TPSA) is 67.5 Å². The predicted octanol–water partition coefficient (Wildman–Crippen LogP) is 1.30. The third-order valence-electron chi connectivity index (χ3n) is 2.27. The number of carbonyl (C=O) groups is 1. The number of fused-ring (bicyclic) bond motifs is 1. The van der Waals surface area contributed by atoms with E-state index in [1.807, 2.05) is 13.0 Å². The van der Waals surface area contributed by atoms with Crippen LogP contribution in [0, 0.1) is 6.92 Å². The van der Waals surface area contributed by atoms with Crippen LogP contribution in [0.25, 0.3) is 5.65 Å². The van der Waals surface area contributed by atoms with Crippen LogP contribution in [0.5, 0.6) is 0 Å². The van der Waals surface area contributed by atoms with Crippen molar-refractivity contribution in [2.75, 3.05) is 0 Å². The molecule has 0 unspecified atom stereocenters. The Morgan fingerprint density at radius 1 is 1.53 bits per heavy atom. The first-order chi connectivity index (χ1) is 7.13. The first-order valence-corrected chi connectivity index (χ1v) is 4.72. The molecule has 0 aromatic carbocycles. The van der Waals surface area contributed by atoms with Crippen LogP contribution < -0.4 is 0 Å². The van der Waals surface area contributed by atoms with E-state index in [2.05, 4.69) is 10.1 Å². The van der Waals surface area contributed by atoms with Crippen molar-refractivity contribution in [2.24, 2.45) is 0 Å². The molecule has 0 aliphatic rings. The smallest absolute Gasteiger partial charge is 0.356 e. The van der Waals surface area contributed by atoms with Gasteiger partial charge in [-0.05, 0) is 25.5 Å². The minimum atomic E-state index is -0.999. The number of hydrogen-bond donors (Lipinski definition) is 1. The largest absolute Gasteiger partial charge is 0.476 e. The van der Waals surface area contributed by atoms with Crippen LogP contribution in [-0.2, 0) is 6.42 Å². The van der Waals surface area contributed by atoms with Crippen molar-refractivity contribution in [3.63, 3.8) is 0 Å². The molecule has 2 rings (SSSR count). The lowest BCUT2D eigenvalue weighted by atomic mass is 10.3. The summed E-state index contributed by atoms with van der Waals surface area (Å²) in [5.74, 6) is -0.999. The fourth-order valence-corrected chi connectivity index (χ4v) is 1.52. The summed E-state index contributed by atoms with van der Waals surface area (Å²) in [7, 11) is 0. The van der Waals surface area contributed by atoms with Crippen LogP contribution in [0.3, 0.4) is 0 Å². The summed E-state index contributed by atoms with van der Waals surface area (Å²) in [6.45, 7) is 3.64. The maximum Gasteiger partial charge on any atom is 0.356 e. The molecular formula is C10H11N3O2. The van der Waals surface area contributed by atoms with Crippen LogP contribution in [0.4, 0.5) is 0 Å². The molecule has 0 fully saturated rings. The molecule has 5 heteroatoms. The zero-order chi connectivity index (χ0) is 11.0. The van der Waals surface area contributed by atoms with E-state index in [0.29, 0.717) is 11.3 Å². The van der Waals surface area contributed by atoms with Gasteiger partial charge in [0.1, 0.15) is 0 Å². The Labute approximate surface area is 86.4 Å². The maximum atomic E-state index is 11.0. The highest BCUT2D eigenvalue weighted by Crippen LogP contribution is 2.11. The van der Waals surface area contributed by atoms with Crippen molar-refractivity contribution in [1.82, 2.24) is 14.6 Å². The average molecular weight is 205 g/mol. The van der Waals surface area contributed by atoms with Crippen molar-refractivity contribution in [3.05, 3.63) is 29.2 Å². The summed E-state index contributed by atoms with van der Waals surface area (Å²) in [5.41, 5.74) is 2.05. The molecular weight excluding hydrogens is 194 g/mol. The second-order valence-corrected chi connectivity index (χ2v) is 3.30. The highest BCUT2D eigenvalue weighted by atomic mass is 16.4. The van der Waals surface area contributed by atoms with Gasteiger partial charge in [-0.3, -0.25) is 0 Å². The summed E-state index contributed by atoms with van der Waals surface area (Å²) in [4.78, 5) is 15.1. The van der Waals surface area contributed by atoms with Gasteiger partial charge >= 0.3 is 5.97 Å². The summed E-state index contributed by atoms with van der Waals surface area (Å²) in [6, 6.07) is 3.64. The molecule has 0 aliphatic carbocycles. The van der Waals surface area contributed by atoms with E-state index >= 15 is 0 Å². The molecule has 15 heavy (non-hydrogen) atoms. The molecule has 2 aromatic rings. The molecule has 0 saturated carbocycles. The van der Waals surface area contributed by atoms with E-state index in [4.69, 9.17) is 5.11 Å². The highest BCUT2D eigenvalue weighted by molar-refractivity contribution is 5.88. The van der Waals surface area contributed by atoms with Gasteiger partial charge < -0.3 is 5.11 Å². The standard InChI is InChI=1S/C10H11N3O2/c1-3-7-4-5-8-11-6(2)9(10(14)15)13(8)12-7/h4-5H,3H2,1-2H3,(H,14,15). The molecule has 0 radical (unpaired) electrons. The van der Waals surface area contributed by atoms with E-state index < -0.39 is 5.97 Å². The molecule has 5 nitrogen and oxygen atoms in total. The number of imidazole rings is 1. The van der Waals surface area contributed by atoms with E-state index in [0.717, 1.165) is 12.1 Å². The van der Waals surface area contributed by atoms with Gasteiger partial charge in [-0.15, -0.1) is 0 Å². The summed E-state index contributed by atoms with van der Waals surface area (Å²) < 4.78 is 1.39. The van der Waals surface area contributed by atoms with Gasteiger partial charge in [-0.1, -0.05) is 6.92 Å². The molecule has 0 atom stereocenters. The molecule has 0 amide bonds. The second-order valence-electron chi connectivity index (χ2n) is 3.30. The Bertz CT molecular complexity index is 531. The molecule has 0 saturated heterocycles. The molecule has 2 heterocycles. The Morgan fingerprint density at radius 2 is 2.27 bits per heavy atom. The molecule has 0 bridgehead atoms. The van der Waals surface area contributed by atoms with Crippen molar-refractivity contribution in [2.45, 2.75) is 20.3 Å². The lowest BCUT2D eigenvalue weighted by molar-refractivity contribution is 0.0687. The lowest BCUT2D eigenvalue weighted by Gasteiger charge is -1.99.